The van der Waals surface area contributed by atoms with Crippen molar-refractivity contribution in [3.05, 3.63) is 35.9 Å². The molecule has 2 unspecified atom stereocenters. The summed E-state index contributed by atoms with van der Waals surface area (Å²) in [4.78, 5) is 8.39. The molecule has 94 valence electrons. The van der Waals surface area contributed by atoms with Gasteiger partial charge in [0.05, 0.1) is 5.94 Å². The van der Waals surface area contributed by atoms with Gasteiger partial charge in [0.15, 0.2) is 0 Å². The van der Waals surface area contributed by atoms with Gasteiger partial charge in [-0.1, -0.05) is 41.8 Å². The monoisotopic (exact) mass is 275 g/mol. The molecule has 1 aromatic carbocycles. The number of hydrogen-bond donors (Lipinski definition) is 1. The van der Waals surface area contributed by atoms with Gasteiger partial charge < -0.3 is 4.74 Å². The normalized spacial score (nSPS) is 13.4. The maximum atomic E-state index is 10.2. The molecule has 0 amide bonds. The van der Waals surface area contributed by atoms with Crippen molar-refractivity contribution in [3.8, 4) is 0 Å². The highest BCUT2D eigenvalue weighted by Crippen LogP contribution is 2.31. The van der Waals surface area contributed by atoms with Crippen LogP contribution in [0.4, 0.5) is 0 Å². The third-order valence-corrected chi connectivity index (χ3v) is 3.78. The summed E-state index contributed by atoms with van der Waals surface area (Å²) in [5.74, 6) is 0.441. The van der Waals surface area contributed by atoms with Gasteiger partial charge in [-0.15, -0.1) is 16.7 Å². The Balaban J connectivity index is 2.26. The Morgan fingerprint density at radius 1 is 1.41 bits per heavy atom. The second-order valence-electron chi connectivity index (χ2n) is 3.28. The second-order valence-corrected chi connectivity index (χ2v) is 5.15. The van der Waals surface area contributed by atoms with Crippen molar-refractivity contribution in [2.24, 2.45) is 0 Å². The lowest BCUT2D eigenvalue weighted by molar-refractivity contribution is 0.0400. The molecular weight excluding hydrogens is 259 g/mol. The molecule has 1 N–H and O–H groups in total. The van der Waals surface area contributed by atoms with Gasteiger partial charge in [0.1, 0.15) is 0 Å². The summed E-state index contributed by atoms with van der Waals surface area (Å²) in [5.41, 5.74) is 1.26. The smallest absolute Gasteiger partial charge is 0.340 e. The summed E-state index contributed by atoms with van der Waals surface area (Å²) in [5, 5.41) is 0.374. The van der Waals surface area contributed by atoms with Crippen LogP contribution >= 0.6 is 20.0 Å². The summed E-state index contributed by atoms with van der Waals surface area (Å²) < 4.78 is 19.7. The van der Waals surface area contributed by atoms with Crippen LogP contribution in [0, 0.1) is 0 Å². The molecule has 0 fully saturated rings. The van der Waals surface area contributed by atoms with Crippen molar-refractivity contribution in [2.75, 3.05) is 12.7 Å². The van der Waals surface area contributed by atoms with Gasteiger partial charge in [0.25, 0.3) is 0 Å². The number of hydrogen-bond acceptors (Lipinski definition) is 4. The van der Waals surface area contributed by atoms with Crippen LogP contribution in [0.2, 0.25) is 0 Å². The van der Waals surface area contributed by atoms with Crippen LogP contribution in [-0.4, -0.2) is 17.6 Å². The van der Waals surface area contributed by atoms with E-state index in [1.807, 2.05) is 18.2 Å². The number of rotatable bonds is 8. The third-order valence-electron chi connectivity index (χ3n) is 2.14. The highest BCUT2D eigenvalue weighted by molar-refractivity contribution is 7.99. The average Bonchev–Trinajstić information content (AvgIpc) is 2.34. The number of ether oxygens (including phenoxy) is 1. The van der Waals surface area contributed by atoms with E-state index < -0.39 is 8.25 Å². The maximum Gasteiger partial charge on any atom is 0.697 e. The zero-order chi connectivity index (χ0) is 12.5. The summed E-state index contributed by atoms with van der Waals surface area (Å²) >= 11 is 1.65. The van der Waals surface area contributed by atoms with E-state index in [1.54, 1.807) is 11.8 Å². The molecule has 0 aliphatic heterocycles. The molecule has 0 bridgehead atoms. The molecule has 4 nitrogen and oxygen atoms in total. The van der Waals surface area contributed by atoms with Crippen molar-refractivity contribution in [3.63, 3.8) is 0 Å². The SMILES string of the molecule is CCC(SCOCO[P+](=O)O)c1ccccc1. The Labute approximate surface area is 106 Å². The Bertz CT molecular complexity index is 334. The van der Waals surface area contributed by atoms with Crippen LogP contribution < -0.4 is 0 Å². The number of benzene rings is 1. The predicted octanol–water partition coefficient (Wildman–Crippen LogP) is 3.47. The lowest BCUT2D eigenvalue weighted by Crippen LogP contribution is -1.98. The lowest BCUT2D eigenvalue weighted by atomic mass is 10.1. The summed E-state index contributed by atoms with van der Waals surface area (Å²) in [6.07, 6.45) is 1.01. The van der Waals surface area contributed by atoms with Crippen molar-refractivity contribution in [1.29, 1.82) is 0 Å². The molecule has 0 aliphatic rings. The quantitative estimate of drug-likeness (QED) is 0.447. The zero-order valence-electron chi connectivity index (χ0n) is 9.61. The number of thioether (sulfide) groups is 1. The first-order valence-electron chi connectivity index (χ1n) is 5.27. The molecule has 17 heavy (non-hydrogen) atoms. The molecular formula is C11H16O4PS+. The zero-order valence-corrected chi connectivity index (χ0v) is 11.3. The predicted molar refractivity (Wildman–Crippen MR) is 68.8 cm³/mol. The second kappa shape index (κ2) is 8.61. The summed E-state index contributed by atoms with van der Waals surface area (Å²) in [6.45, 7) is 1.97. The minimum atomic E-state index is -2.56. The molecule has 2 atom stereocenters. The lowest BCUT2D eigenvalue weighted by Gasteiger charge is -2.14. The fourth-order valence-corrected chi connectivity index (χ4v) is 2.44. The van der Waals surface area contributed by atoms with Crippen LogP contribution in [0.25, 0.3) is 0 Å². The highest BCUT2D eigenvalue weighted by Gasteiger charge is 2.12. The fraction of sp³-hybridized carbons (Fsp3) is 0.455. The Kier molecular flexibility index (Phi) is 7.40. The van der Waals surface area contributed by atoms with Crippen LogP contribution in [0.15, 0.2) is 30.3 Å². The van der Waals surface area contributed by atoms with Gasteiger partial charge in [-0.3, -0.25) is 0 Å². The van der Waals surface area contributed by atoms with E-state index in [9.17, 15) is 4.57 Å². The first kappa shape index (κ1) is 14.6. The van der Waals surface area contributed by atoms with Crippen molar-refractivity contribution >= 4 is 20.0 Å². The van der Waals surface area contributed by atoms with Crippen molar-refractivity contribution < 1.29 is 18.7 Å². The van der Waals surface area contributed by atoms with E-state index >= 15 is 0 Å². The first-order valence-corrected chi connectivity index (χ1v) is 7.45. The van der Waals surface area contributed by atoms with Gasteiger partial charge in [0, 0.05) is 9.81 Å². The highest BCUT2D eigenvalue weighted by atomic mass is 32.2. The van der Waals surface area contributed by atoms with Crippen LogP contribution in [0.5, 0.6) is 0 Å². The Hall–Kier alpha value is -0.450. The van der Waals surface area contributed by atoms with Crippen LogP contribution in [-0.2, 0) is 13.8 Å². The molecule has 0 aromatic heterocycles. The Morgan fingerprint density at radius 2 is 2.12 bits per heavy atom. The third kappa shape index (κ3) is 6.15. The van der Waals surface area contributed by atoms with E-state index in [1.165, 1.54) is 5.56 Å². The minimum Gasteiger partial charge on any atom is -0.340 e. The van der Waals surface area contributed by atoms with E-state index in [4.69, 9.17) is 9.63 Å². The van der Waals surface area contributed by atoms with Gasteiger partial charge in [0.2, 0.25) is 6.79 Å². The molecule has 0 saturated carbocycles. The molecule has 0 aliphatic carbocycles. The van der Waals surface area contributed by atoms with Gasteiger partial charge in [-0.2, -0.15) is 0 Å². The van der Waals surface area contributed by atoms with Gasteiger partial charge in [-0.05, 0) is 12.0 Å². The Morgan fingerprint density at radius 3 is 2.71 bits per heavy atom. The van der Waals surface area contributed by atoms with Crippen molar-refractivity contribution in [1.82, 2.24) is 0 Å². The minimum absolute atomic E-state index is 0.149. The average molecular weight is 275 g/mol. The fourth-order valence-electron chi connectivity index (χ4n) is 1.36. The van der Waals surface area contributed by atoms with Crippen LogP contribution in [0.1, 0.15) is 24.2 Å². The molecule has 0 heterocycles. The maximum absolute atomic E-state index is 10.2. The van der Waals surface area contributed by atoms with Crippen LogP contribution in [0.3, 0.4) is 0 Å². The van der Waals surface area contributed by atoms with E-state index in [0.29, 0.717) is 11.2 Å². The van der Waals surface area contributed by atoms with Gasteiger partial charge in [-0.25, -0.2) is 0 Å². The van der Waals surface area contributed by atoms with E-state index in [2.05, 4.69) is 23.6 Å². The molecule has 6 heteroatoms. The van der Waals surface area contributed by atoms with Crippen molar-refractivity contribution in [2.45, 2.75) is 18.6 Å². The molecule has 0 radical (unpaired) electrons. The summed E-state index contributed by atoms with van der Waals surface area (Å²) in [6, 6.07) is 10.2. The van der Waals surface area contributed by atoms with E-state index in [0.717, 1.165) is 6.42 Å². The molecule has 0 spiro atoms. The topological polar surface area (TPSA) is 55.8 Å². The molecule has 0 saturated heterocycles. The summed E-state index contributed by atoms with van der Waals surface area (Å²) in [7, 11) is -2.56. The molecule has 1 rings (SSSR count). The first-order chi connectivity index (χ1) is 8.24. The molecule has 1 aromatic rings. The standard InChI is InChI=1S/C11H15O4PS/c1-2-11(10-6-4-3-5-7-10)17-9-14-8-15-16(12)13/h3-7,11H,2,8-9H2,1H3/p+1. The van der Waals surface area contributed by atoms with E-state index in [-0.39, 0.29) is 6.79 Å². The largest absolute Gasteiger partial charge is 0.697 e. The van der Waals surface area contributed by atoms with Gasteiger partial charge >= 0.3 is 8.25 Å².